The molecule has 1 nitrogen and oxygen atoms in total. The van der Waals surface area contributed by atoms with Crippen molar-refractivity contribution in [3.05, 3.63) is 125 Å². The van der Waals surface area contributed by atoms with Gasteiger partial charge in [-0.2, -0.15) is 13.2 Å². The van der Waals surface area contributed by atoms with Crippen LogP contribution in [0.3, 0.4) is 0 Å². The van der Waals surface area contributed by atoms with Crippen molar-refractivity contribution in [1.82, 2.24) is 0 Å². The molecule has 0 aliphatic rings. The van der Waals surface area contributed by atoms with E-state index in [1.54, 1.807) is 6.20 Å². The maximum atomic E-state index is 12.8. The summed E-state index contributed by atoms with van der Waals surface area (Å²) >= 11 is 0. The molecule has 4 rings (SSSR count). The highest BCUT2D eigenvalue weighted by molar-refractivity contribution is 5.88. The Labute approximate surface area is 190 Å². The van der Waals surface area contributed by atoms with Crippen LogP contribution in [0.25, 0.3) is 40.5 Å². The summed E-state index contributed by atoms with van der Waals surface area (Å²) in [6.07, 6.45) is -0.738. The largest absolute Gasteiger partial charge is 0.416 e. The van der Waals surface area contributed by atoms with Gasteiger partial charge in [0.05, 0.1) is 5.56 Å². The molecule has 0 saturated heterocycles. The van der Waals surface area contributed by atoms with E-state index in [-0.39, 0.29) is 0 Å². The van der Waals surface area contributed by atoms with Crippen molar-refractivity contribution >= 4 is 18.2 Å². The Morgan fingerprint density at radius 2 is 1.12 bits per heavy atom. The van der Waals surface area contributed by atoms with Gasteiger partial charge in [0, 0.05) is 6.20 Å². The van der Waals surface area contributed by atoms with Gasteiger partial charge in [-0.1, -0.05) is 91.5 Å². The lowest BCUT2D eigenvalue weighted by Gasteiger charge is -2.09. The molecular formula is C29H22F3N. The van der Waals surface area contributed by atoms with Crippen molar-refractivity contribution in [2.24, 2.45) is 5.73 Å². The zero-order valence-electron chi connectivity index (χ0n) is 17.8. The number of alkyl halides is 3. The topological polar surface area (TPSA) is 26.0 Å². The third-order valence-corrected chi connectivity index (χ3v) is 5.53. The Hall–Kier alpha value is -4.05. The van der Waals surface area contributed by atoms with E-state index in [2.05, 4.69) is 6.58 Å². The fourth-order valence-electron chi connectivity index (χ4n) is 3.63. The van der Waals surface area contributed by atoms with Crippen molar-refractivity contribution < 1.29 is 13.2 Å². The zero-order chi connectivity index (χ0) is 23.4. The molecule has 0 saturated carbocycles. The van der Waals surface area contributed by atoms with Crippen LogP contribution >= 0.6 is 0 Å². The summed E-state index contributed by atoms with van der Waals surface area (Å²) in [5.74, 6) is 0. The first kappa shape index (κ1) is 22.2. The van der Waals surface area contributed by atoms with Gasteiger partial charge in [0.2, 0.25) is 0 Å². The van der Waals surface area contributed by atoms with Crippen LogP contribution in [0.1, 0.15) is 11.1 Å². The van der Waals surface area contributed by atoms with Crippen LogP contribution in [0.15, 0.2) is 103 Å². The van der Waals surface area contributed by atoms with Crippen LogP contribution in [0.5, 0.6) is 0 Å². The molecule has 4 aromatic rings. The lowest BCUT2D eigenvalue weighted by Crippen LogP contribution is -2.21. The fraction of sp³-hybridized carbons (Fsp3) is 0.0345. The van der Waals surface area contributed by atoms with E-state index >= 15 is 0 Å². The molecule has 164 valence electrons. The SMILES string of the molecule is C=c1cccc/c1=C/C(=C\N)c1ccc(-c2ccc(-c3ccc(C(F)(F)F)cc3)cc2)cc1. The van der Waals surface area contributed by atoms with Crippen molar-refractivity contribution in [1.29, 1.82) is 0 Å². The molecule has 0 fully saturated rings. The predicted octanol–water partition coefficient (Wildman–Crippen LogP) is 6.23. The second-order valence-corrected chi connectivity index (χ2v) is 7.69. The molecule has 0 amide bonds. The summed E-state index contributed by atoms with van der Waals surface area (Å²) in [6, 6.07) is 28.9. The first-order valence-electron chi connectivity index (χ1n) is 10.4. The van der Waals surface area contributed by atoms with Crippen LogP contribution in [0.2, 0.25) is 0 Å². The van der Waals surface area contributed by atoms with Crippen molar-refractivity contribution in [2.45, 2.75) is 6.18 Å². The highest BCUT2D eigenvalue weighted by Gasteiger charge is 2.29. The number of rotatable bonds is 4. The van der Waals surface area contributed by atoms with Crippen LogP contribution < -0.4 is 16.2 Å². The summed E-state index contributed by atoms with van der Waals surface area (Å²) in [6.45, 7) is 4.05. The number of hydrogen-bond acceptors (Lipinski definition) is 1. The minimum atomic E-state index is -4.33. The lowest BCUT2D eigenvalue weighted by atomic mass is 9.97. The summed E-state index contributed by atoms with van der Waals surface area (Å²) in [5.41, 5.74) is 10.8. The quantitative estimate of drug-likeness (QED) is 0.399. The number of hydrogen-bond donors (Lipinski definition) is 1. The van der Waals surface area contributed by atoms with Gasteiger partial charge in [-0.25, -0.2) is 0 Å². The average molecular weight is 441 g/mol. The first-order chi connectivity index (χ1) is 15.8. The Bertz CT molecular complexity index is 1380. The number of halogens is 3. The highest BCUT2D eigenvalue weighted by atomic mass is 19.4. The summed E-state index contributed by atoms with van der Waals surface area (Å²) in [5, 5.41) is 1.94. The van der Waals surface area contributed by atoms with Gasteiger partial charge in [-0.3, -0.25) is 0 Å². The molecule has 0 unspecified atom stereocenters. The van der Waals surface area contributed by atoms with Gasteiger partial charge >= 0.3 is 6.18 Å². The van der Waals surface area contributed by atoms with Gasteiger partial charge in [0.25, 0.3) is 0 Å². The van der Waals surface area contributed by atoms with Crippen LogP contribution in [-0.4, -0.2) is 0 Å². The molecule has 0 spiro atoms. The molecule has 4 aromatic carbocycles. The van der Waals surface area contributed by atoms with Crippen molar-refractivity contribution in [2.75, 3.05) is 0 Å². The smallest absolute Gasteiger partial charge is 0.404 e. The molecule has 4 heteroatoms. The van der Waals surface area contributed by atoms with Gasteiger partial charge in [0.15, 0.2) is 0 Å². The zero-order valence-corrected chi connectivity index (χ0v) is 17.8. The summed E-state index contributed by atoms with van der Waals surface area (Å²) < 4.78 is 38.3. The van der Waals surface area contributed by atoms with E-state index in [9.17, 15) is 13.2 Å². The van der Waals surface area contributed by atoms with E-state index in [1.165, 1.54) is 12.1 Å². The molecule has 0 aliphatic heterocycles. The van der Waals surface area contributed by atoms with E-state index in [0.717, 1.165) is 56.0 Å². The number of allylic oxidation sites excluding steroid dienone is 1. The molecule has 0 bridgehead atoms. The minimum absolute atomic E-state index is 0.648. The maximum absolute atomic E-state index is 12.8. The van der Waals surface area contributed by atoms with Crippen LogP contribution in [0, 0.1) is 0 Å². The Balaban J connectivity index is 1.55. The number of nitrogens with two attached hydrogens (primary N) is 1. The Kier molecular flexibility index (Phi) is 6.18. The molecule has 0 aromatic heterocycles. The van der Waals surface area contributed by atoms with Crippen molar-refractivity contribution in [3.8, 4) is 22.3 Å². The third kappa shape index (κ3) is 5.07. The normalized spacial score (nSPS) is 12.7. The molecule has 33 heavy (non-hydrogen) atoms. The second kappa shape index (κ2) is 9.21. The van der Waals surface area contributed by atoms with Gasteiger partial charge < -0.3 is 5.73 Å². The first-order valence-corrected chi connectivity index (χ1v) is 10.4. The maximum Gasteiger partial charge on any atom is 0.416 e. The highest BCUT2D eigenvalue weighted by Crippen LogP contribution is 2.31. The second-order valence-electron chi connectivity index (χ2n) is 7.69. The molecule has 0 radical (unpaired) electrons. The standard InChI is InChI=1S/C29H22F3N/c1-20-4-2-3-5-26(20)18-27(19-33)25-12-10-22(11-13-25)21-6-8-23(9-7-21)24-14-16-28(17-15-24)29(30,31)32/h2-19H,1,33H2/b26-18-,27-19+. The monoisotopic (exact) mass is 441 g/mol. The molecular weight excluding hydrogens is 419 g/mol. The summed E-state index contributed by atoms with van der Waals surface area (Å²) in [7, 11) is 0. The van der Waals surface area contributed by atoms with E-state index in [0.29, 0.717) is 0 Å². The molecule has 0 heterocycles. The number of benzene rings is 4. The van der Waals surface area contributed by atoms with Gasteiger partial charge in [-0.15, -0.1) is 0 Å². The van der Waals surface area contributed by atoms with E-state index in [1.807, 2.05) is 78.9 Å². The lowest BCUT2D eigenvalue weighted by molar-refractivity contribution is -0.137. The third-order valence-electron chi connectivity index (χ3n) is 5.53. The van der Waals surface area contributed by atoms with Gasteiger partial charge in [-0.05, 0) is 62.0 Å². The van der Waals surface area contributed by atoms with Crippen LogP contribution in [0.4, 0.5) is 13.2 Å². The Morgan fingerprint density at radius 3 is 1.58 bits per heavy atom. The van der Waals surface area contributed by atoms with E-state index in [4.69, 9.17) is 5.73 Å². The molecule has 0 aliphatic carbocycles. The van der Waals surface area contributed by atoms with Gasteiger partial charge in [0.1, 0.15) is 0 Å². The van der Waals surface area contributed by atoms with Crippen molar-refractivity contribution in [3.63, 3.8) is 0 Å². The predicted molar refractivity (Wildman–Crippen MR) is 130 cm³/mol. The molecule has 0 atom stereocenters. The minimum Gasteiger partial charge on any atom is -0.404 e. The van der Waals surface area contributed by atoms with Crippen LogP contribution in [-0.2, 0) is 6.18 Å². The average Bonchev–Trinajstić information content (AvgIpc) is 2.83. The summed E-state index contributed by atoms with van der Waals surface area (Å²) in [4.78, 5) is 0. The fourth-order valence-corrected chi connectivity index (χ4v) is 3.63. The van der Waals surface area contributed by atoms with E-state index < -0.39 is 11.7 Å². The Morgan fingerprint density at radius 1 is 0.667 bits per heavy atom. The molecule has 2 N–H and O–H groups in total.